The second-order valence-electron chi connectivity index (χ2n) is 3.64. The standard InChI is InChI=1S/C12H5BrCl2FNO3/c13-6-4-8(15)9(16)5-11(6)20-10-3-1-2-7(14)12(10)17(18)19/h1-5H. The Kier molecular flexibility index (Phi) is 4.47. The predicted octanol–water partition coefficient (Wildman–Crippen LogP) is 5.60. The molecule has 4 nitrogen and oxygen atoms in total. The highest BCUT2D eigenvalue weighted by Crippen LogP contribution is 2.40. The van der Waals surface area contributed by atoms with Crippen molar-refractivity contribution >= 4 is 44.8 Å². The number of nitro groups is 1. The van der Waals surface area contributed by atoms with E-state index in [0.29, 0.717) is 4.47 Å². The lowest BCUT2D eigenvalue weighted by Crippen LogP contribution is -1.95. The number of ether oxygens (including phenoxy) is 1. The van der Waals surface area contributed by atoms with E-state index in [4.69, 9.17) is 27.9 Å². The van der Waals surface area contributed by atoms with Crippen LogP contribution in [0.3, 0.4) is 0 Å². The van der Waals surface area contributed by atoms with E-state index < -0.39 is 16.4 Å². The third kappa shape index (κ3) is 3.03. The number of benzene rings is 2. The summed E-state index contributed by atoms with van der Waals surface area (Å²) in [7, 11) is 0. The molecule has 0 saturated carbocycles. The van der Waals surface area contributed by atoms with Crippen LogP contribution in [0.25, 0.3) is 0 Å². The molecule has 2 aromatic rings. The van der Waals surface area contributed by atoms with Crippen LogP contribution in [-0.4, -0.2) is 4.92 Å². The summed E-state index contributed by atoms with van der Waals surface area (Å²) in [5, 5.41) is 10.8. The molecule has 0 aliphatic carbocycles. The van der Waals surface area contributed by atoms with Gasteiger partial charge in [-0.3, -0.25) is 10.1 Å². The van der Waals surface area contributed by atoms with Crippen molar-refractivity contribution in [2.24, 2.45) is 0 Å². The van der Waals surface area contributed by atoms with E-state index in [9.17, 15) is 14.5 Å². The largest absolute Gasteiger partial charge is 0.449 e. The molecule has 2 aromatic carbocycles. The van der Waals surface area contributed by atoms with Gasteiger partial charge in [0.15, 0.2) is 0 Å². The first-order chi connectivity index (χ1) is 9.40. The van der Waals surface area contributed by atoms with Crippen molar-refractivity contribution in [1.82, 2.24) is 0 Å². The van der Waals surface area contributed by atoms with E-state index in [1.165, 1.54) is 24.3 Å². The molecule has 20 heavy (non-hydrogen) atoms. The Balaban J connectivity index is 2.48. The summed E-state index contributed by atoms with van der Waals surface area (Å²) < 4.78 is 19.1. The molecule has 0 amide bonds. The lowest BCUT2D eigenvalue weighted by atomic mass is 10.3. The molecule has 2 rings (SSSR count). The summed E-state index contributed by atoms with van der Waals surface area (Å²) >= 11 is 14.5. The summed E-state index contributed by atoms with van der Waals surface area (Å²) in [6.45, 7) is 0. The van der Waals surface area contributed by atoms with E-state index in [1.807, 2.05) is 0 Å². The SMILES string of the molecule is O=[N+]([O-])c1c(Cl)cccc1Oc1cc(F)c(Cl)cc1Br. The van der Waals surface area contributed by atoms with E-state index in [-0.39, 0.29) is 21.5 Å². The van der Waals surface area contributed by atoms with E-state index >= 15 is 0 Å². The normalized spacial score (nSPS) is 10.4. The first-order valence-corrected chi connectivity index (χ1v) is 6.70. The van der Waals surface area contributed by atoms with Crippen molar-refractivity contribution in [3.8, 4) is 11.5 Å². The fourth-order valence-electron chi connectivity index (χ4n) is 1.46. The zero-order chi connectivity index (χ0) is 14.9. The Morgan fingerprint density at radius 2 is 1.90 bits per heavy atom. The first kappa shape index (κ1) is 15.0. The minimum atomic E-state index is -0.699. The van der Waals surface area contributed by atoms with E-state index in [1.54, 1.807) is 0 Å². The Morgan fingerprint density at radius 3 is 2.55 bits per heavy atom. The highest BCUT2D eigenvalue weighted by atomic mass is 79.9. The number of nitrogens with zero attached hydrogens (tertiary/aromatic N) is 1. The molecule has 0 saturated heterocycles. The Morgan fingerprint density at radius 1 is 1.20 bits per heavy atom. The second kappa shape index (κ2) is 5.95. The Labute approximate surface area is 131 Å². The summed E-state index contributed by atoms with van der Waals surface area (Å²) in [5.41, 5.74) is -0.392. The van der Waals surface area contributed by atoms with Crippen LogP contribution >= 0.6 is 39.1 Å². The number of hydrogen-bond acceptors (Lipinski definition) is 3. The van der Waals surface area contributed by atoms with Gasteiger partial charge in [0.1, 0.15) is 16.6 Å². The van der Waals surface area contributed by atoms with Gasteiger partial charge in [-0.2, -0.15) is 0 Å². The van der Waals surface area contributed by atoms with Crippen molar-refractivity contribution in [2.45, 2.75) is 0 Å². The zero-order valence-corrected chi connectivity index (χ0v) is 12.7. The molecule has 0 fully saturated rings. The minimum Gasteiger partial charge on any atom is -0.449 e. The number of rotatable bonds is 3. The number of halogens is 4. The van der Waals surface area contributed by atoms with Crippen molar-refractivity contribution in [1.29, 1.82) is 0 Å². The average Bonchev–Trinajstić information content (AvgIpc) is 2.35. The van der Waals surface area contributed by atoms with Crippen LogP contribution in [0.4, 0.5) is 10.1 Å². The topological polar surface area (TPSA) is 52.4 Å². The highest BCUT2D eigenvalue weighted by molar-refractivity contribution is 9.10. The maximum atomic E-state index is 13.4. The van der Waals surface area contributed by atoms with Crippen LogP contribution in [0.1, 0.15) is 0 Å². The van der Waals surface area contributed by atoms with Crippen molar-refractivity contribution in [3.05, 3.63) is 60.8 Å². The summed E-state index contributed by atoms with van der Waals surface area (Å²) in [5.74, 6) is -0.739. The molecule has 0 bridgehead atoms. The molecule has 0 aromatic heterocycles. The maximum absolute atomic E-state index is 13.4. The number of nitro benzene ring substituents is 1. The minimum absolute atomic E-state index is 0.0530. The van der Waals surface area contributed by atoms with Gasteiger partial charge in [-0.25, -0.2) is 4.39 Å². The van der Waals surface area contributed by atoms with Gasteiger partial charge in [-0.1, -0.05) is 29.3 Å². The van der Waals surface area contributed by atoms with Crippen LogP contribution in [0.15, 0.2) is 34.8 Å². The molecule has 0 radical (unpaired) electrons. The lowest BCUT2D eigenvalue weighted by Gasteiger charge is -2.09. The molecule has 0 aliphatic rings. The first-order valence-electron chi connectivity index (χ1n) is 5.15. The van der Waals surface area contributed by atoms with Gasteiger partial charge < -0.3 is 4.74 Å². The summed E-state index contributed by atoms with van der Waals surface area (Å²) in [6.07, 6.45) is 0. The van der Waals surface area contributed by atoms with Gasteiger partial charge in [0.25, 0.3) is 0 Å². The fraction of sp³-hybridized carbons (Fsp3) is 0. The van der Waals surface area contributed by atoms with Crippen molar-refractivity contribution < 1.29 is 14.1 Å². The Hall–Kier alpha value is -1.37. The Bertz CT molecular complexity index is 697. The monoisotopic (exact) mass is 379 g/mol. The fourth-order valence-corrected chi connectivity index (χ4v) is 2.41. The number of hydrogen-bond donors (Lipinski definition) is 0. The zero-order valence-electron chi connectivity index (χ0n) is 9.57. The molecular weight excluding hydrogens is 376 g/mol. The van der Waals surface area contributed by atoms with Crippen LogP contribution in [0, 0.1) is 15.9 Å². The second-order valence-corrected chi connectivity index (χ2v) is 5.31. The van der Waals surface area contributed by atoms with Crippen LogP contribution < -0.4 is 4.74 Å². The van der Waals surface area contributed by atoms with Gasteiger partial charge in [-0.15, -0.1) is 0 Å². The van der Waals surface area contributed by atoms with Crippen LogP contribution in [0.5, 0.6) is 11.5 Å². The summed E-state index contributed by atoms with van der Waals surface area (Å²) in [4.78, 5) is 10.3. The van der Waals surface area contributed by atoms with E-state index in [2.05, 4.69) is 15.9 Å². The van der Waals surface area contributed by atoms with Gasteiger partial charge in [0.05, 0.1) is 14.4 Å². The molecule has 8 heteroatoms. The van der Waals surface area contributed by atoms with E-state index in [0.717, 1.165) is 6.07 Å². The molecule has 0 heterocycles. The molecular formula is C12H5BrCl2FNO3. The predicted molar refractivity (Wildman–Crippen MR) is 77.3 cm³/mol. The van der Waals surface area contributed by atoms with Gasteiger partial charge >= 0.3 is 5.69 Å². The summed E-state index contributed by atoms with van der Waals surface area (Å²) in [6, 6.07) is 6.54. The van der Waals surface area contributed by atoms with Crippen LogP contribution in [0.2, 0.25) is 10.0 Å². The molecule has 0 atom stereocenters. The van der Waals surface area contributed by atoms with Gasteiger partial charge in [0.2, 0.25) is 5.75 Å². The molecule has 0 N–H and O–H groups in total. The molecule has 0 unspecified atom stereocenters. The molecule has 0 spiro atoms. The average molecular weight is 381 g/mol. The quantitative estimate of drug-likeness (QED) is 0.396. The van der Waals surface area contributed by atoms with Crippen molar-refractivity contribution in [2.75, 3.05) is 0 Å². The number of para-hydroxylation sites is 1. The van der Waals surface area contributed by atoms with Gasteiger partial charge in [-0.05, 0) is 34.1 Å². The maximum Gasteiger partial charge on any atom is 0.329 e. The van der Waals surface area contributed by atoms with Gasteiger partial charge in [0, 0.05) is 6.07 Å². The third-order valence-electron chi connectivity index (χ3n) is 2.33. The molecule has 0 aliphatic heterocycles. The smallest absolute Gasteiger partial charge is 0.329 e. The van der Waals surface area contributed by atoms with Crippen molar-refractivity contribution in [3.63, 3.8) is 0 Å². The molecule has 104 valence electrons. The third-order valence-corrected chi connectivity index (χ3v) is 3.54. The lowest BCUT2D eigenvalue weighted by molar-refractivity contribution is -0.385. The highest BCUT2D eigenvalue weighted by Gasteiger charge is 2.21. The van der Waals surface area contributed by atoms with Crippen LogP contribution in [-0.2, 0) is 0 Å².